The minimum Gasteiger partial charge on any atom is -0.484 e. The summed E-state index contributed by atoms with van der Waals surface area (Å²) in [5.41, 5.74) is 3.67. The number of carbonyl (C=O) groups is 2. The van der Waals surface area contributed by atoms with Crippen LogP contribution in [0, 0.1) is 11.7 Å². The average molecular weight is 445 g/mol. The van der Waals surface area contributed by atoms with Gasteiger partial charge in [0.15, 0.2) is 6.61 Å². The molecule has 1 fully saturated rings. The van der Waals surface area contributed by atoms with E-state index in [1.807, 2.05) is 53.4 Å². The van der Waals surface area contributed by atoms with Crippen molar-refractivity contribution in [2.75, 3.05) is 18.5 Å². The lowest BCUT2D eigenvalue weighted by molar-refractivity contribution is -0.134. The first-order valence-electron chi connectivity index (χ1n) is 11.2. The third-order valence-corrected chi connectivity index (χ3v) is 6.17. The van der Waals surface area contributed by atoms with Gasteiger partial charge in [-0.15, -0.1) is 0 Å². The van der Waals surface area contributed by atoms with Gasteiger partial charge in [-0.05, 0) is 72.4 Å². The SMILES string of the molecule is O=C(COc1ccc2c(c1)[C@@H](c1ccc(F)cc1)N(C(=O)C1CC1)CC2)Nc1ccccc1. The first-order valence-corrected chi connectivity index (χ1v) is 11.2. The molecule has 168 valence electrons. The van der Waals surface area contributed by atoms with Crippen molar-refractivity contribution in [3.8, 4) is 5.75 Å². The maximum Gasteiger partial charge on any atom is 0.262 e. The number of anilines is 1. The molecule has 0 radical (unpaired) electrons. The second kappa shape index (κ2) is 9.06. The van der Waals surface area contributed by atoms with Crippen molar-refractivity contribution in [3.63, 3.8) is 0 Å². The van der Waals surface area contributed by atoms with Crippen molar-refractivity contribution in [3.05, 3.63) is 95.3 Å². The van der Waals surface area contributed by atoms with E-state index < -0.39 is 0 Å². The molecule has 2 aliphatic rings. The van der Waals surface area contributed by atoms with E-state index in [-0.39, 0.29) is 36.2 Å². The van der Waals surface area contributed by atoms with Crippen LogP contribution in [0.25, 0.3) is 0 Å². The van der Waals surface area contributed by atoms with Gasteiger partial charge in [0, 0.05) is 18.2 Å². The van der Waals surface area contributed by atoms with Crippen LogP contribution in [0.1, 0.15) is 35.6 Å². The van der Waals surface area contributed by atoms with Gasteiger partial charge >= 0.3 is 0 Å². The summed E-state index contributed by atoms with van der Waals surface area (Å²) in [6.45, 7) is 0.504. The Morgan fingerprint density at radius 1 is 1.00 bits per heavy atom. The van der Waals surface area contributed by atoms with Gasteiger partial charge in [0.1, 0.15) is 11.6 Å². The summed E-state index contributed by atoms with van der Waals surface area (Å²) in [4.78, 5) is 27.3. The predicted molar refractivity (Wildman–Crippen MR) is 123 cm³/mol. The summed E-state index contributed by atoms with van der Waals surface area (Å²) in [5, 5.41) is 2.80. The molecular weight excluding hydrogens is 419 g/mol. The Labute approximate surface area is 192 Å². The third-order valence-electron chi connectivity index (χ3n) is 6.17. The maximum atomic E-state index is 13.6. The normalized spacial score (nSPS) is 17.2. The smallest absolute Gasteiger partial charge is 0.262 e. The molecule has 0 bridgehead atoms. The largest absolute Gasteiger partial charge is 0.484 e. The average Bonchev–Trinajstić information content (AvgIpc) is 3.68. The Morgan fingerprint density at radius 2 is 1.76 bits per heavy atom. The Balaban J connectivity index is 1.38. The van der Waals surface area contributed by atoms with Crippen LogP contribution >= 0.6 is 0 Å². The summed E-state index contributed by atoms with van der Waals surface area (Å²) in [5.74, 6) is 0.250. The van der Waals surface area contributed by atoms with Gasteiger partial charge in [0.2, 0.25) is 5.91 Å². The van der Waals surface area contributed by atoms with E-state index in [2.05, 4.69) is 5.32 Å². The molecular formula is C27H25FN2O3. The molecule has 6 heteroatoms. The van der Waals surface area contributed by atoms with Crippen LogP contribution in [0.4, 0.5) is 10.1 Å². The number of hydrogen-bond acceptors (Lipinski definition) is 3. The van der Waals surface area contributed by atoms with Crippen LogP contribution < -0.4 is 10.1 Å². The minimum atomic E-state index is -0.309. The van der Waals surface area contributed by atoms with Crippen molar-refractivity contribution < 1.29 is 18.7 Å². The Morgan fingerprint density at radius 3 is 2.48 bits per heavy atom. The zero-order valence-electron chi connectivity index (χ0n) is 18.2. The number of para-hydroxylation sites is 1. The lowest BCUT2D eigenvalue weighted by atomic mass is 9.87. The molecule has 1 aliphatic heterocycles. The number of benzene rings is 3. The molecule has 0 saturated heterocycles. The lowest BCUT2D eigenvalue weighted by Gasteiger charge is -2.38. The highest BCUT2D eigenvalue weighted by molar-refractivity contribution is 5.91. The molecule has 1 heterocycles. The highest BCUT2D eigenvalue weighted by atomic mass is 19.1. The van der Waals surface area contributed by atoms with Gasteiger partial charge < -0.3 is 15.0 Å². The molecule has 1 N–H and O–H groups in total. The number of ether oxygens (including phenoxy) is 1. The quantitative estimate of drug-likeness (QED) is 0.598. The van der Waals surface area contributed by atoms with E-state index in [0.717, 1.165) is 36.0 Å². The molecule has 1 saturated carbocycles. The zero-order chi connectivity index (χ0) is 22.8. The maximum absolute atomic E-state index is 13.6. The molecule has 1 atom stereocenters. The zero-order valence-corrected chi connectivity index (χ0v) is 18.2. The standard InChI is InChI=1S/C27H25FN2O3/c28-21-11-8-19(9-12-21)26-24-16-23(33-17-25(31)29-22-4-2-1-3-5-22)13-10-18(24)14-15-30(26)27(32)20-6-7-20/h1-5,8-13,16,20,26H,6-7,14-15,17H2,(H,29,31)/t26-/m1/s1. The van der Waals surface area contributed by atoms with Crippen molar-refractivity contribution in [2.45, 2.75) is 25.3 Å². The second-order valence-corrected chi connectivity index (χ2v) is 8.57. The van der Waals surface area contributed by atoms with E-state index >= 15 is 0 Å². The number of halogens is 1. The van der Waals surface area contributed by atoms with Gasteiger partial charge in [-0.1, -0.05) is 36.4 Å². The van der Waals surface area contributed by atoms with Crippen LogP contribution in [-0.2, 0) is 16.0 Å². The molecule has 5 nitrogen and oxygen atoms in total. The fourth-order valence-corrected chi connectivity index (χ4v) is 4.36. The number of hydrogen-bond donors (Lipinski definition) is 1. The van der Waals surface area contributed by atoms with Gasteiger partial charge in [-0.25, -0.2) is 4.39 Å². The molecule has 1 aliphatic carbocycles. The molecule has 0 spiro atoms. The number of fused-ring (bicyclic) bond motifs is 1. The molecule has 2 amide bonds. The third kappa shape index (κ3) is 4.75. The van der Waals surface area contributed by atoms with Gasteiger partial charge in [0.25, 0.3) is 5.91 Å². The molecule has 3 aromatic rings. The molecule has 0 aromatic heterocycles. The highest BCUT2D eigenvalue weighted by Gasteiger charge is 2.39. The van der Waals surface area contributed by atoms with Crippen LogP contribution in [-0.4, -0.2) is 29.9 Å². The van der Waals surface area contributed by atoms with E-state index in [1.165, 1.54) is 12.1 Å². The van der Waals surface area contributed by atoms with Crippen LogP contribution in [0.3, 0.4) is 0 Å². The van der Waals surface area contributed by atoms with Crippen LogP contribution in [0.15, 0.2) is 72.8 Å². The number of nitrogens with one attached hydrogen (secondary N) is 1. The van der Waals surface area contributed by atoms with E-state index in [9.17, 15) is 14.0 Å². The molecule has 3 aromatic carbocycles. The van der Waals surface area contributed by atoms with E-state index in [4.69, 9.17) is 4.74 Å². The topological polar surface area (TPSA) is 58.6 Å². The number of carbonyl (C=O) groups excluding carboxylic acids is 2. The number of amides is 2. The minimum absolute atomic E-state index is 0.0932. The Hall–Kier alpha value is -3.67. The first kappa shape index (κ1) is 21.2. The summed E-state index contributed by atoms with van der Waals surface area (Å²) >= 11 is 0. The van der Waals surface area contributed by atoms with E-state index in [0.29, 0.717) is 18.0 Å². The second-order valence-electron chi connectivity index (χ2n) is 8.57. The predicted octanol–water partition coefficient (Wildman–Crippen LogP) is 4.73. The van der Waals surface area contributed by atoms with Gasteiger partial charge in [-0.2, -0.15) is 0 Å². The van der Waals surface area contributed by atoms with Crippen LogP contribution in [0.2, 0.25) is 0 Å². The highest BCUT2D eigenvalue weighted by Crippen LogP contribution is 2.41. The lowest BCUT2D eigenvalue weighted by Crippen LogP contribution is -2.41. The Kier molecular flexibility index (Phi) is 5.82. The van der Waals surface area contributed by atoms with E-state index in [1.54, 1.807) is 12.1 Å². The van der Waals surface area contributed by atoms with Crippen molar-refractivity contribution in [1.29, 1.82) is 0 Å². The monoisotopic (exact) mass is 444 g/mol. The van der Waals surface area contributed by atoms with Crippen LogP contribution in [0.5, 0.6) is 5.75 Å². The van der Waals surface area contributed by atoms with Crippen molar-refractivity contribution in [2.24, 2.45) is 5.92 Å². The summed E-state index contributed by atoms with van der Waals surface area (Å²) in [6.07, 6.45) is 2.61. The number of rotatable bonds is 6. The summed E-state index contributed by atoms with van der Waals surface area (Å²) < 4.78 is 19.4. The molecule has 33 heavy (non-hydrogen) atoms. The fraction of sp³-hybridized carbons (Fsp3) is 0.259. The molecule has 5 rings (SSSR count). The van der Waals surface area contributed by atoms with Crippen molar-refractivity contribution >= 4 is 17.5 Å². The van der Waals surface area contributed by atoms with Gasteiger partial charge in [0.05, 0.1) is 6.04 Å². The number of nitrogens with zero attached hydrogens (tertiary/aromatic N) is 1. The first-order chi connectivity index (χ1) is 16.1. The fourth-order valence-electron chi connectivity index (χ4n) is 4.36. The molecule has 0 unspecified atom stereocenters. The van der Waals surface area contributed by atoms with Gasteiger partial charge in [-0.3, -0.25) is 9.59 Å². The summed E-state index contributed by atoms with van der Waals surface area (Å²) in [6, 6.07) is 21.0. The summed E-state index contributed by atoms with van der Waals surface area (Å²) in [7, 11) is 0. The van der Waals surface area contributed by atoms with Crippen molar-refractivity contribution in [1.82, 2.24) is 4.90 Å². The Bertz CT molecular complexity index is 1160.